The number of aromatic nitrogens is 1. The summed E-state index contributed by atoms with van der Waals surface area (Å²) < 4.78 is 2.20. The number of nitrogens with zero attached hydrogens (tertiary/aromatic N) is 1. The smallest absolute Gasteiger partial charge is 0.0490 e. The number of nitrogens with two attached hydrogens (primary N) is 1. The molecule has 2 N–H and O–H groups in total. The van der Waals surface area contributed by atoms with E-state index in [1.54, 1.807) is 0 Å². The van der Waals surface area contributed by atoms with Crippen molar-refractivity contribution in [3.8, 4) is 0 Å². The van der Waals surface area contributed by atoms with Crippen LogP contribution in [-0.2, 0) is 13.1 Å². The van der Waals surface area contributed by atoms with E-state index in [-0.39, 0.29) is 0 Å². The molecule has 2 aromatic carbocycles. The fourth-order valence-corrected chi connectivity index (χ4v) is 2.61. The van der Waals surface area contributed by atoms with Crippen molar-refractivity contribution in [1.82, 2.24) is 4.57 Å². The lowest BCUT2D eigenvalue weighted by Gasteiger charge is -2.08. The Bertz CT molecular complexity index is 716. The third kappa shape index (κ3) is 2.25. The van der Waals surface area contributed by atoms with E-state index < -0.39 is 0 Å². The van der Waals surface area contributed by atoms with Crippen molar-refractivity contribution < 1.29 is 0 Å². The first-order valence-electron chi connectivity index (χ1n) is 6.30. The van der Waals surface area contributed by atoms with Crippen LogP contribution in [0.25, 0.3) is 10.9 Å². The lowest BCUT2D eigenvalue weighted by atomic mass is 10.1. The number of rotatable bonds is 3. The van der Waals surface area contributed by atoms with Gasteiger partial charge in [0, 0.05) is 35.2 Å². The van der Waals surface area contributed by atoms with Gasteiger partial charge in [-0.05, 0) is 29.3 Å². The first-order chi connectivity index (χ1) is 9.29. The standard InChI is InChI=1S/C16H15ClN2/c17-15-6-2-1-4-13(15)11-19-9-8-14-12(10-18)5-3-7-16(14)19/h1-9H,10-11,18H2. The summed E-state index contributed by atoms with van der Waals surface area (Å²) in [6, 6.07) is 16.3. The molecule has 1 heterocycles. The molecular weight excluding hydrogens is 256 g/mol. The second-order valence-corrected chi connectivity index (χ2v) is 5.00. The van der Waals surface area contributed by atoms with Crippen molar-refractivity contribution in [2.45, 2.75) is 13.1 Å². The second kappa shape index (κ2) is 5.08. The fraction of sp³-hybridized carbons (Fsp3) is 0.125. The van der Waals surface area contributed by atoms with E-state index in [4.69, 9.17) is 17.3 Å². The van der Waals surface area contributed by atoms with E-state index in [1.807, 2.05) is 24.3 Å². The number of fused-ring (bicyclic) bond motifs is 1. The molecule has 3 aromatic rings. The summed E-state index contributed by atoms with van der Waals surface area (Å²) in [6.07, 6.45) is 2.09. The lowest BCUT2D eigenvalue weighted by Crippen LogP contribution is -2.00. The number of hydrogen-bond acceptors (Lipinski definition) is 1. The molecule has 0 saturated heterocycles. The first-order valence-corrected chi connectivity index (χ1v) is 6.67. The van der Waals surface area contributed by atoms with Crippen LogP contribution in [0.5, 0.6) is 0 Å². The molecule has 0 amide bonds. The summed E-state index contributed by atoms with van der Waals surface area (Å²) in [7, 11) is 0. The van der Waals surface area contributed by atoms with Crippen molar-refractivity contribution in [2.24, 2.45) is 5.73 Å². The maximum atomic E-state index is 6.22. The predicted octanol–water partition coefficient (Wildman–Crippen LogP) is 3.80. The zero-order valence-electron chi connectivity index (χ0n) is 10.5. The SMILES string of the molecule is NCc1cccc2c1ccn2Cc1ccccc1Cl. The van der Waals surface area contributed by atoms with Crippen LogP contribution < -0.4 is 5.73 Å². The van der Waals surface area contributed by atoms with E-state index in [0.29, 0.717) is 6.54 Å². The van der Waals surface area contributed by atoms with Crippen LogP contribution >= 0.6 is 11.6 Å². The maximum absolute atomic E-state index is 6.22. The fourth-order valence-electron chi connectivity index (χ4n) is 2.41. The maximum Gasteiger partial charge on any atom is 0.0490 e. The molecule has 19 heavy (non-hydrogen) atoms. The van der Waals surface area contributed by atoms with Gasteiger partial charge in [0.15, 0.2) is 0 Å². The average molecular weight is 271 g/mol. The van der Waals surface area contributed by atoms with E-state index >= 15 is 0 Å². The van der Waals surface area contributed by atoms with Crippen molar-refractivity contribution in [2.75, 3.05) is 0 Å². The molecule has 3 rings (SSSR count). The third-order valence-corrected chi connectivity index (χ3v) is 3.79. The third-order valence-electron chi connectivity index (χ3n) is 3.42. The van der Waals surface area contributed by atoms with Crippen molar-refractivity contribution >= 4 is 22.5 Å². The van der Waals surface area contributed by atoms with Gasteiger partial charge in [0.2, 0.25) is 0 Å². The van der Waals surface area contributed by atoms with E-state index in [1.165, 1.54) is 16.5 Å². The van der Waals surface area contributed by atoms with E-state index in [9.17, 15) is 0 Å². The summed E-state index contributed by atoms with van der Waals surface area (Å²) in [5.74, 6) is 0. The van der Waals surface area contributed by atoms with Gasteiger partial charge in [-0.15, -0.1) is 0 Å². The minimum Gasteiger partial charge on any atom is -0.343 e. The monoisotopic (exact) mass is 270 g/mol. The molecule has 0 spiro atoms. The molecule has 0 aliphatic carbocycles. The van der Waals surface area contributed by atoms with Crippen LogP contribution in [0.15, 0.2) is 54.7 Å². The minimum absolute atomic E-state index is 0.563. The summed E-state index contributed by atoms with van der Waals surface area (Å²) in [4.78, 5) is 0. The highest BCUT2D eigenvalue weighted by atomic mass is 35.5. The molecule has 0 aliphatic rings. The number of hydrogen-bond donors (Lipinski definition) is 1. The largest absolute Gasteiger partial charge is 0.343 e. The molecule has 96 valence electrons. The second-order valence-electron chi connectivity index (χ2n) is 4.59. The molecule has 0 bridgehead atoms. The topological polar surface area (TPSA) is 30.9 Å². The lowest BCUT2D eigenvalue weighted by molar-refractivity contribution is 0.837. The molecule has 1 aromatic heterocycles. The Balaban J connectivity index is 2.05. The van der Waals surface area contributed by atoms with Crippen LogP contribution in [0.2, 0.25) is 5.02 Å². The predicted molar refractivity (Wildman–Crippen MR) is 80.4 cm³/mol. The van der Waals surface area contributed by atoms with Gasteiger partial charge in [0.25, 0.3) is 0 Å². The molecule has 0 atom stereocenters. The summed E-state index contributed by atoms with van der Waals surface area (Å²) in [5.41, 5.74) is 9.27. The van der Waals surface area contributed by atoms with Gasteiger partial charge in [-0.3, -0.25) is 0 Å². The van der Waals surface area contributed by atoms with Gasteiger partial charge >= 0.3 is 0 Å². The Kier molecular flexibility index (Phi) is 3.28. The average Bonchev–Trinajstić information content (AvgIpc) is 2.84. The van der Waals surface area contributed by atoms with Crippen LogP contribution in [-0.4, -0.2) is 4.57 Å². The van der Waals surface area contributed by atoms with E-state index in [0.717, 1.165) is 17.1 Å². The Morgan fingerprint density at radius 1 is 0.947 bits per heavy atom. The first kappa shape index (κ1) is 12.3. The Hall–Kier alpha value is -1.77. The summed E-state index contributed by atoms with van der Waals surface area (Å²) in [6.45, 7) is 1.34. The molecule has 0 fully saturated rings. The highest BCUT2D eigenvalue weighted by Gasteiger charge is 2.06. The van der Waals surface area contributed by atoms with Crippen LogP contribution in [0.3, 0.4) is 0 Å². The van der Waals surface area contributed by atoms with Crippen molar-refractivity contribution in [1.29, 1.82) is 0 Å². The van der Waals surface area contributed by atoms with Gasteiger partial charge in [-0.2, -0.15) is 0 Å². The van der Waals surface area contributed by atoms with Crippen molar-refractivity contribution in [3.63, 3.8) is 0 Å². The molecule has 2 nitrogen and oxygen atoms in total. The Morgan fingerprint density at radius 3 is 2.53 bits per heavy atom. The van der Waals surface area contributed by atoms with E-state index in [2.05, 4.69) is 35.0 Å². The van der Waals surface area contributed by atoms with Gasteiger partial charge in [0.1, 0.15) is 0 Å². The molecule has 0 saturated carbocycles. The van der Waals surface area contributed by atoms with Crippen LogP contribution in [0, 0.1) is 0 Å². The summed E-state index contributed by atoms with van der Waals surface area (Å²) in [5, 5.41) is 2.02. The Morgan fingerprint density at radius 2 is 1.74 bits per heavy atom. The summed E-state index contributed by atoms with van der Waals surface area (Å²) >= 11 is 6.22. The number of benzene rings is 2. The van der Waals surface area contributed by atoms with Gasteiger partial charge in [0.05, 0.1) is 0 Å². The van der Waals surface area contributed by atoms with Gasteiger partial charge in [-0.1, -0.05) is 41.9 Å². The zero-order chi connectivity index (χ0) is 13.2. The number of halogens is 1. The van der Waals surface area contributed by atoms with Crippen LogP contribution in [0.4, 0.5) is 0 Å². The molecule has 0 radical (unpaired) electrons. The molecular formula is C16H15ClN2. The van der Waals surface area contributed by atoms with Gasteiger partial charge < -0.3 is 10.3 Å². The van der Waals surface area contributed by atoms with Crippen LogP contribution in [0.1, 0.15) is 11.1 Å². The minimum atomic E-state index is 0.563. The highest BCUT2D eigenvalue weighted by molar-refractivity contribution is 6.31. The quantitative estimate of drug-likeness (QED) is 0.771. The normalized spacial score (nSPS) is 11.1. The Labute approximate surface area is 117 Å². The van der Waals surface area contributed by atoms with Crippen molar-refractivity contribution in [3.05, 3.63) is 70.9 Å². The molecule has 0 unspecified atom stereocenters. The van der Waals surface area contributed by atoms with Gasteiger partial charge in [-0.25, -0.2) is 0 Å². The molecule has 3 heteroatoms. The zero-order valence-corrected chi connectivity index (χ0v) is 11.3. The molecule has 0 aliphatic heterocycles. The highest BCUT2D eigenvalue weighted by Crippen LogP contribution is 2.23.